The molecule has 0 saturated heterocycles. The highest BCUT2D eigenvalue weighted by atomic mass is 16.4. The molecule has 0 heterocycles. The van der Waals surface area contributed by atoms with E-state index in [0.717, 1.165) is 25.7 Å². The Morgan fingerprint density at radius 3 is 2.57 bits per heavy atom. The van der Waals surface area contributed by atoms with Gasteiger partial charge in [-0.2, -0.15) is 0 Å². The third-order valence-corrected chi connectivity index (χ3v) is 2.80. The molecule has 4 nitrogen and oxygen atoms in total. The van der Waals surface area contributed by atoms with Crippen LogP contribution in [-0.2, 0) is 9.59 Å². The Morgan fingerprint density at radius 1 is 1.36 bits per heavy atom. The molecule has 0 spiro atoms. The third kappa shape index (κ3) is 3.10. The maximum atomic E-state index is 11.3. The first-order chi connectivity index (χ1) is 6.61. The van der Waals surface area contributed by atoms with E-state index in [9.17, 15) is 9.59 Å². The van der Waals surface area contributed by atoms with E-state index in [0.29, 0.717) is 0 Å². The van der Waals surface area contributed by atoms with Crippen LogP contribution in [0.2, 0.25) is 0 Å². The summed E-state index contributed by atoms with van der Waals surface area (Å²) in [4.78, 5) is 21.6. The van der Waals surface area contributed by atoms with E-state index in [2.05, 4.69) is 5.32 Å². The fourth-order valence-electron chi connectivity index (χ4n) is 2.08. The maximum absolute atomic E-state index is 11.3. The van der Waals surface area contributed by atoms with Crippen molar-refractivity contribution >= 4 is 11.8 Å². The highest BCUT2D eigenvalue weighted by Crippen LogP contribution is 2.24. The zero-order valence-electron chi connectivity index (χ0n) is 8.45. The van der Waals surface area contributed by atoms with Gasteiger partial charge in [0.1, 0.15) is 5.78 Å². The molecule has 2 N–H and O–H groups in total. The number of hydrogen-bond donors (Lipinski definition) is 2. The molecule has 0 radical (unpaired) electrons. The van der Waals surface area contributed by atoms with Gasteiger partial charge < -0.3 is 10.4 Å². The molecule has 1 rings (SSSR count). The number of carbonyl (C=O) groups is 2. The minimum atomic E-state index is -0.863. The quantitative estimate of drug-likeness (QED) is 0.703. The number of ketones is 1. The summed E-state index contributed by atoms with van der Waals surface area (Å²) in [6.45, 7) is 1.54. The summed E-state index contributed by atoms with van der Waals surface area (Å²) in [5.41, 5.74) is 0. The van der Waals surface area contributed by atoms with Crippen molar-refractivity contribution in [2.45, 2.75) is 38.6 Å². The molecule has 2 atom stereocenters. The van der Waals surface area contributed by atoms with E-state index in [1.165, 1.54) is 0 Å². The molecule has 1 saturated carbocycles. The van der Waals surface area contributed by atoms with Crippen molar-refractivity contribution in [3.63, 3.8) is 0 Å². The Labute approximate surface area is 83.7 Å². The number of carboxylic acids is 1. The minimum Gasteiger partial charge on any atom is -0.480 e. The lowest BCUT2D eigenvalue weighted by Gasteiger charge is -2.30. The van der Waals surface area contributed by atoms with Gasteiger partial charge in [-0.15, -0.1) is 0 Å². The molecule has 0 aromatic rings. The molecule has 0 bridgehead atoms. The molecule has 0 aliphatic heterocycles. The second-order valence-electron chi connectivity index (χ2n) is 3.88. The van der Waals surface area contributed by atoms with Crippen LogP contribution in [0.4, 0.5) is 0 Å². The van der Waals surface area contributed by atoms with Crippen LogP contribution in [0.25, 0.3) is 0 Å². The maximum Gasteiger partial charge on any atom is 0.317 e. The second kappa shape index (κ2) is 5.10. The highest BCUT2D eigenvalue weighted by molar-refractivity contribution is 5.79. The third-order valence-electron chi connectivity index (χ3n) is 2.80. The lowest BCUT2D eigenvalue weighted by Crippen LogP contribution is -2.43. The first-order valence-corrected chi connectivity index (χ1v) is 5.07. The molecule has 4 heteroatoms. The van der Waals surface area contributed by atoms with Gasteiger partial charge in [-0.3, -0.25) is 9.59 Å². The molecular formula is C10H17NO3. The topological polar surface area (TPSA) is 66.4 Å². The molecule has 80 valence electrons. The summed E-state index contributed by atoms with van der Waals surface area (Å²) in [5, 5.41) is 11.5. The number of aliphatic carboxylic acids is 1. The fraction of sp³-hybridized carbons (Fsp3) is 0.800. The van der Waals surface area contributed by atoms with E-state index >= 15 is 0 Å². The Morgan fingerprint density at radius 2 is 2.00 bits per heavy atom. The number of hydrogen-bond acceptors (Lipinski definition) is 3. The van der Waals surface area contributed by atoms with Crippen molar-refractivity contribution in [2.75, 3.05) is 6.54 Å². The zero-order valence-corrected chi connectivity index (χ0v) is 8.45. The standard InChI is InChI=1S/C10H17NO3/c1-7(12)8-4-2-3-5-9(8)11-6-10(13)14/h8-9,11H,2-6H2,1H3,(H,13,14). The number of carbonyl (C=O) groups excluding carboxylic acids is 1. The van der Waals surface area contributed by atoms with Crippen LogP contribution < -0.4 is 5.32 Å². The summed E-state index contributed by atoms with van der Waals surface area (Å²) in [6, 6.07) is 0.0670. The molecule has 0 aromatic carbocycles. The van der Waals surface area contributed by atoms with E-state index in [4.69, 9.17) is 5.11 Å². The van der Waals surface area contributed by atoms with Crippen LogP contribution in [-0.4, -0.2) is 29.4 Å². The summed E-state index contributed by atoms with van der Waals surface area (Å²) in [5.74, 6) is -0.673. The Kier molecular flexibility index (Phi) is 4.07. The van der Waals surface area contributed by atoms with Crippen LogP contribution in [0, 0.1) is 5.92 Å². The van der Waals surface area contributed by atoms with Crippen molar-refractivity contribution < 1.29 is 14.7 Å². The van der Waals surface area contributed by atoms with Crippen LogP contribution in [0.3, 0.4) is 0 Å². The smallest absolute Gasteiger partial charge is 0.317 e. The molecule has 0 aromatic heterocycles. The normalized spacial score (nSPS) is 27.2. The van der Waals surface area contributed by atoms with Gasteiger partial charge in [0.2, 0.25) is 0 Å². The van der Waals surface area contributed by atoms with Crippen molar-refractivity contribution in [3.05, 3.63) is 0 Å². The first-order valence-electron chi connectivity index (χ1n) is 5.07. The molecule has 14 heavy (non-hydrogen) atoms. The monoisotopic (exact) mass is 199 g/mol. The SMILES string of the molecule is CC(=O)C1CCCCC1NCC(=O)O. The summed E-state index contributed by atoms with van der Waals surface area (Å²) < 4.78 is 0. The highest BCUT2D eigenvalue weighted by Gasteiger charge is 2.28. The summed E-state index contributed by atoms with van der Waals surface area (Å²) in [6.07, 6.45) is 3.97. The molecule has 2 unspecified atom stereocenters. The minimum absolute atomic E-state index is 0.0168. The largest absolute Gasteiger partial charge is 0.480 e. The Hall–Kier alpha value is -0.900. The van der Waals surface area contributed by atoms with Gasteiger partial charge in [0.15, 0.2) is 0 Å². The molecular weight excluding hydrogens is 182 g/mol. The van der Waals surface area contributed by atoms with Gasteiger partial charge in [-0.05, 0) is 19.8 Å². The van der Waals surface area contributed by atoms with Gasteiger partial charge in [0.05, 0.1) is 6.54 Å². The van der Waals surface area contributed by atoms with Gasteiger partial charge in [0.25, 0.3) is 0 Å². The van der Waals surface area contributed by atoms with Gasteiger partial charge in [-0.1, -0.05) is 12.8 Å². The van der Waals surface area contributed by atoms with E-state index in [1.807, 2.05) is 0 Å². The predicted octanol–water partition coefficient (Wildman–Crippen LogP) is 0.808. The predicted molar refractivity (Wildman–Crippen MR) is 52.1 cm³/mol. The van der Waals surface area contributed by atoms with E-state index < -0.39 is 5.97 Å². The number of Topliss-reactive ketones (excluding diaryl/α,β-unsaturated/α-hetero) is 1. The van der Waals surface area contributed by atoms with Crippen molar-refractivity contribution in [1.29, 1.82) is 0 Å². The summed E-state index contributed by atoms with van der Waals surface area (Å²) >= 11 is 0. The Bertz CT molecular complexity index is 227. The van der Waals surface area contributed by atoms with Crippen LogP contribution in [0.15, 0.2) is 0 Å². The van der Waals surface area contributed by atoms with Crippen molar-refractivity contribution in [2.24, 2.45) is 5.92 Å². The Balaban J connectivity index is 2.45. The average molecular weight is 199 g/mol. The second-order valence-corrected chi connectivity index (χ2v) is 3.88. The van der Waals surface area contributed by atoms with Gasteiger partial charge in [-0.25, -0.2) is 0 Å². The van der Waals surface area contributed by atoms with Crippen molar-refractivity contribution in [1.82, 2.24) is 5.32 Å². The number of rotatable bonds is 4. The van der Waals surface area contributed by atoms with Crippen LogP contribution in [0.5, 0.6) is 0 Å². The van der Waals surface area contributed by atoms with Crippen LogP contribution >= 0.6 is 0 Å². The fourth-order valence-corrected chi connectivity index (χ4v) is 2.08. The number of nitrogens with one attached hydrogen (secondary N) is 1. The van der Waals surface area contributed by atoms with E-state index in [1.54, 1.807) is 6.92 Å². The lowest BCUT2D eigenvalue weighted by molar-refractivity contribution is -0.136. The number of carboxylic acid groups (broad SMARTS) is 1. The van der Waals surface area contributed by atoms with Crippen LogP contribution in [0.1, 0.15) is 32.6 Å². The molecule has 0 amide bonds. The van der Waals surface area contributed by atoms with Gasteiger partial charge >= 0.3 is 5.97 Å². The first kappa shape index (κ1) is 11.2. The molecule has 1 aliphatic rings. The lowest BCUT2D eigenvalue weighted by atomic mass is 9.82. The zero-order chi connectivity index (χ0) is 10.6. The molecule has 1 aliphatic carbocycles. The molecule has 1 fully saturated rings. The van der Waals surface area contributed by atoms with Gasteiger partial charge in [0, 0.05) is 12.0 Å². The van der Waals surface area contributed by atoms with E-state index in [-0.39, 0.29) is 24.3 Å². The summed E-state index contributed by atoms with van der Waals surface area (Å²) in [7, 11) is 0. The average Bonchev–Trinajstić information content (AvgIpc) is 2.15. The van der Waals surface area contributed by atoms with Crippen molar-refractivity contribution in [3.8, 4) is 0 Å².